The minimum Gasteiger partial charge on any atom is -0.335 e. The first-order chi connectivity index (χ1) is 23.8. The van der Waals surface area contributed by atoms with Gasteiger partial charge in [0.05, 0.1) is 11.2 Å². The number of nitrogens with zero attached hydrogens (tertiary/aromatic N) is 4. The predicted molar refractivity (Wildman–Crippen MR) is 203 cm³/mol. The van der Waals surface area contributed by atoms with E-state index >= 15 is 0 Å². The summed E-state index contributed by atoms with van der Waals surface area (Å²) in [5.41, 5.74) is 12.3. The van der Waals surface area contributed by atoms with E-state index < -0.39 is 0 Å². The van der Waals surface area contributed by atoms with Crippen LogP contribution in [0.15, 0.2) is 134 Å². The van der Waals surface area contributed by atoms with E-state index in [2.05, 4.69) is 138 Å². The van der Waals surface area contributed by atoms with Gasteiger partial charge in [0.2, 0.25) is 0 Å². The van der Waals surface area contributed by atoms with Crippen LogP contribution in [0.4, 0.5) is 0 Å². The molecule has 9 aromatic rings. The number of hydrogen-bond acceptors (Lipinski definition) is 3. The topological polar surface area (TPSA) is 43.1 Å². The third-order valence-electron chi connectivity index (χ3n) is 8.92. The predicted octanol–water partition coefficient (Wildman–Crippen LogP) is 11.2. The van der Waals surface area contributed by atoms with Gasteiger partial charge in [0.15, 0.2) is 0 Å². The molecule has 50 heavy (non-hydrogen) atoms. The Morgan fingerprint density at radius 1 is 0.660 bits per heavy atom. The van der Waals surface area contributed by atoms with Crippen LogP contribution in [0, 0.1) is 24.6 Å². The van der Waals surface area contributed by atoms with Gasteiger partial charge in [0.25, 0.3) is 0 Å². The Kier molecular flexibility index (Phi) is 9.05. The van der Waals surface area contributed by atoms with Gasteiger partial charge in [0.1, 0.15) is 0 Å². The van der Waals surface area contributed by atoms with E-state index in [1.54, 1.807) is 0 Å². The molecule has 1 radical (unpaired) electrons. The maximum atomic E-state index is 4.90. The van der Waals surface area contributed by atoms with E-state index in [0.29, 0.717) is 0 Å². The molecule has 247 valence electrons. The number of aryl methyl sites for hydroxylation is 1. The number of para-hydroxylation sites is 1. The van der Waals surface area contributed by atoms with Crippen molar-refractivity contribution in [1.29, 1.82) is 0 Å². The van der Waals surface area contributed by atoms with Crippen LogP contribution >= 0.6 is 0 Å². The van der Waals surface area contributed by atoms with E-state index in [0.717, 1.165) is 40.0 Å². The van der Waals surface area contributed by atoms with Crippen molar-refractivity contribution in [2.24, 2.45) is 5.41 Å². The van der Waals surface area contributed by atoms with Crippen LogP contribution in [-0.4, -0.2) is 19.4 Å². The monoisotopic (exact) mass is 825 g/mol. The molecule has 0 atom stereocenters. The summed E-state index contributed by atoms with van der Waals surface area (Å²) in [7, 11) is 0. The van der Waals surface area contributed by atoms with Crippen molar-refractivity contribution >= 4 is 38.2 Å². The van der Waals surface area contributed by atoms with Crippen molar-refractivity contribution in [1.82, 2.24) is 19.4 Å². The second-order valence-corrected chi connectivity index (χ2v) is 13.9. The molecule has 0 fully saturated rings. The molecule has 0 bridgehead atoms. The van der Waals surface area contributed by atoms with Crippen molar-refractivity contribution in [3.05, 3.63) is 157 Å². The molecular formula is C45H36IrN4-2. The normalized spacial score (nSPS) is 11.5. The Morgan fingerprint density at radius 2 is 1.42 bits per heavy atom. The van der Waals surface area contributed by atoms with E-state index in [9.17, 15) is 0 Å². The Hall–Kier alpha value is -5.22. The van der Waals surface area contributed by atoms with E-state index in [1.165, 1.54) is 49.4 Å². The first-order valence-electron chi connectivity index (χ1n) is 16.7. The first kappa shape index (κ1) is 33.3. The fourth-order valence-electron chi connectivity index (χ4n) is 6.76. The molecule has 0 amide bonds. The van der Waals surface area contributed by atoms with Crippen molar-refractivity contribution in [2.45, 2.75) is 34.1 Å². The van der Waals surface area contributed by atoms with Crippen LogP contribution in [0.2, 0.25) is 0 Å². The average Bonchev–Trinajstić information content (AvgIpc) is 3.64. The second kappa shape index (κ2) is 13.6. The molecule has 0 unspecified atom stereocenters. The molecule has 5 heterocycles. The smallest absolute Gasteiger partial charge is 0.0604 e. The van der Waals surface area contributed by atoms with Gasteiger partial charge in [-0.3, -0.25) is 0 Å². The molecule has 4 aromatic carbocycles. The van der Waals surface area contributed by atoms with E-state index in [1.807, 2.05) is 49.6 Å². The molecule has 0 saturated heterocycles. The van der Waals surface area contributed by atoms with Crippen molar-refractivity contribution in [2.75, 3.05) is 0 Å². The molecule has 5 aromatic heterocycles. The maximum absolute atomic E-state index is 4.90. The van der Waals surface area contributed by atoms with Gasteiger partial charge in [-0.25, -0.2) is 0 Å². The van der Waals surface area contributed by atoms with Crippen LogP contribution < -0.4 is 0 Å². The summed E-state index contributed by atoms with van der Waals surface area (Å²) in [5, 5.41) is 4.85. The molecule has 0 aliphatic carbocycles. The molecule has 0 saturated carbocycles. The van der Waals surface area contributed by atoms with Gasteiger partial charge in [-0.1, -0.05) is 98.5 Å². The van der Waals surface area contributed by atoms with Crippen LogP contribution in [0.25, 0.3) is 71.9 Å². The first-order valence-corrected chi connectivity index (χ1v) is 16.7. The molecular weight excluding hydrogens is 789 g/mol. The number of fused-ring (bicyclic) bond motifs is 6. The van der Waals surface area contributed by atoms with Gasteiger partial charge >= 0.3 is 0 Å². The van der Waals surface area contributed by atoms with E-state index in [4.69, 9.17) is 4.98 Å². The SMILES string of the molecule is CC(C)(C)Cc1ccnc(-c2[c-]nc3c(c2)c2cc(-c4ccccc4)cc4c5ccccc5n3c42)c1.Cc1ccc(-c2[c-]cccc2)nc1.[Ir]. The Labute approximate surface area is 306 Å². The Morgan fingerprint density at radius 3 is 2.16 bits per heavy atom. The van der Waals surface area contributed by atoms with E-state index in [-0.39, 0.29) is 25.5 Å². The summed E-state index contributed by atoms with van der Waals surface area (Å²) in [6.07, 6.45) is 8.10. The fraction of sp³-hybridized carbons (Fsp3) is 0.133. The van der Waals surface area contributed by atoms with Crippen LogP contribution in [0.5, 0.6) is 0 Å². The average molecular weight is 825 g/mol. The largest absolute Gasteiger partial charge is 0.335 e. The number of benzene rings is 4. The second-order valence-electron chi connectivity index (χ2n) is 13.9. The number of aromatic nitrogens is 4. The van der Waals surface area contributed by atoms with Gasteiger partial charge in [-0.05, 0) is 82.7 Å². The maximum Gasteiger partial charge on any atom is 0.0604 e. The van der Waals surface area contributed by atoms with Crippen LogP contribution in [0.1, 0.15) is 31.9 Å². The molecule has 4 nitrogen and oxygen atoms in total. The number of hydrogen-bond donors (Lipinski definition) is 0. The molecule has 0 spiro atoms. The third-order valence-corrected chi connectivity index (χ3v) is 8.92. The summed E-state index contributed by atoms with van der Waals surface area (Å²) in [6.45, 7) is 8.82. The summed E-state index contributed by atoms with van der Waals surface area (Å²) in [5.74, 6) is 0. The summed E-state index contributed by atoms with van der Waals surface area (Å²) in [4.78, 5) is 13.9. The minimum absolute atomic E-state index is 0. The van der Waals surface area contributed by atoms with Crippen LogP contribution in [0.3, 0.4) is 0 Å². The quantitative estimate of drug-likeness (QED) is 0.166. The standard InChI is InChI=1S/C33H26N3.C12H10N.Ir/c1-33(2,3)19-21-13-14-34-29(15-21)24-18-28-27-17-23(22-9-5-4-6-10-22)16-26-25-11-7-8-12-30(25)36(31(26)27)32(28)35-20-24;1-10-7-8-12(13-9-10)11-5-3-2-4-6-11;/h4-18H,19H2,1-3H3;2-5,7-9H,1H3;/q2*-1;. The van der Waals surface area contributed by atoms with Gasteiger partial charge < -0.3 is 19.4 Å². The van der Waals surface area contributed by atoms with Gasteiger partial charge in [-0.15, -0.1) is 47.5 Å². The molecule has 0 aliphatic heterocycles. The molecule has 0 aliphatic rings. The van der Waals surface area contributed by atoms with Crippen molar-refractivity contribution in [3.8, 4) is 33.6 Å². The third kappa shape index (κ3) is 6.43. The summed E-state index contributed by atoms with van der Waals surface area (Å²) < 4.78 is 2.30. The van der Waals surface area contributed by atoms with Crippen LogP contribution in [-0.2, 0) is 26.5 Å². The number of pyridine rings is 3. The number of rotatable bonds is 4. The van der Waals surface area contributed by atoms with Gasteiger partial charge in [-0.2, -0.15) is 0 Å². The zero-order chi connectivity index (χ0) is 33.5. The Bertz CT molecular complexity index is 2550. The van der Waals surface area contributed by atoms with Gasteiger partial charge in [0, 0.05) is 48.8 Å². The zero-order valence-electron chi connectivity index (χ0n) is 28.5. The fourth-order valence-corrected chi connectivity index (χ4v) is 6.76. The minimum atomic E-state index is 0. The zero-order valence-corrected chi connectivity index (χ0v) is 30.9. The Balaban J connectivity index is 0.000000236. The molecule has 9 rings (SSSR count). The summed E-state index contributed by atoms with van der Waals surface area (Å²) in [6, 6.07) is 45.4. The van der Waals surface area contributed by atoms with Crippen molar-refractivity contribution < 1.29 is 20.1 Å². The molecule has 0 N–H and O–H groups in total. The van der Waals surface area contributed by atoms with Crippen molar-refractivity contribution in [3.63, 3.8) is 0 Å². The molecule has 5 heteroatoms. The summed E-state index contributed by atoms with van der Waals surface area (Å²) >= 11 is 0.